The molecule has 5 heteroatoms. The molecule has 3 aromatic rings. The van der Waals surface area contributed by atoms with Crippen LogP contribution in [0.25, 0.3) is 22.2 Å². The fourth-order valence-corrected chi connectivity index (χ4v) is 2.64. The lowest BCUT2D eigenvalue weighted by molar-refractivity contribution is 0.970. The Hall–Kier alpha value is -2.01. The fraction of sp³-hybridized carbons (Fsp3) is 0.133. The van der Waals surface area contributed by atoms with Crippen LogP contribution in [0.3, 0.4) is 0 Å². The van der Waals surface area contributed by atoms with Gasteiger partial charge in [0.05, 0.1) is 5.69 Å². The highest BCUT2D eigenvalue weighted by atomic mass is 79.9. The van der Waals surface area contributed by atoms with E-state index in [2.05, 4.69) is 30.9 Å². The Morgan fingerprint density at radius 1 is 1.25 bits per heavy atom. The van der Waals surface area contributed by atoms with Crippen molar-refractivity contribution < 1.29 is 0 Å². The molecule has 20 heavy (non-hydrogen) atoms. The van der Waals surface area contributed by atoms with Crippen molar-refractivity contribution in [3.05, 3.63) is 57.2 Å². The number of pyridine rings is 1. The lowest BCUT2D eigenvalue weighted by Crippen LogP contribution is -2.13. The third-order valence-electron chi connectivity index (χ3n) is 3.19. The number of H-pyrrole nitrogens is 1. The van der Waals surface area contributed by atoms with Crippen LogP contribution < -0.4 is 5.56 Å². The second-order valence-electron chi connectivity index (χ2n) is 4.44. The van der Waals surface area contributed by atoms with E-state index in [0.717, 1.165) is 22.0 Å². The number of benzene rings is 1. The molecular weight excluding hydrogens is 318 g/mol. The molecule has 1 aromatic carbocycles. The van der Waals surface area contributed by atoms with Crippen LogP contribution in [0.2, 0.25) is 0 Å². The van der Waals surface area contributed by atoms with Crippen molar-refractivity contribution in [3.63, 3.8) is 0 Å². The van der Waals surface area contributed by atoms with E-state index in [1.807, 2.05) is 31.2 Å². The first-order valence-corrected chi connectivity index (χ1v) is 7.12. The summed E-state index contributed by atoms with van der Waals surface area (Å²) in [5.74, 6) is 0.555. The Morgan fingerprint density at radius 3 is 2.85 bits per heavy atom. The third-order valence-corrected chi connectivity index (χ3v) is 4.01. The maximum Gasteiger partial charge on any atom is 0.265 e. The molecule has 1 N–H and O–H groups in total. The summed E-state index contributed by atoms with van der Waals surface area (Å²) < 4.78 is 0.497. The van der Waals surface area contributed by atoms with Gasteiger partial charge in [0.25, 0.3) is 5.56 Å². The lowest BCUT2D eigenvalue weighted by atomic mass is 10.1. The van der Waals surface area contributed by atoms with Crippen LogP contribution in [0.5, 0.6) is 0 Å². The summed E-state index contributed by atoms with van der Waals surface area (Å²) in [5.41, 5.74) is 1.42. The summed E-state index contributed by atoms with van der Waals surface area (Å²) in [6.07, 6.45) is 4.22. The van der Waals surface area contributed by atoms with Gasteiger partial charge in [-0.2, -0.15) is 0 Å². The van der Waals surface area contributed by atoms with Crippen LogP contribution in [-0.2, 0) is 6.42 Å². The van der Waals surface area contributed by atoms with E-state index in [1.165, 1.54) is 0 Å². The average molecular weight is 330 g/mol. The van der Waals surface area contributed by atoms with Crippen LogP contribution in [0.15, 0.2) is 45.9 Å². The summed E-state index contributed by atoms with van der Waals surface area (Å²) in [5, 5.41) is 2.05. The number of rotatable bonds is 2. The van der Waals surface area contributed by atoms with Crippen molar-refractivity contribution in [1.29, 1.82) is 0 Å². The number of hydrogen-bond donors (Lipinski definition) is 1. The number of aryl methyl sites for hydroxylation is 1. The standard InChI is InChI=1S/C15H12BrN3O/c1-2-12-13(16)15(20)19-14(18-12)11-8-17-7-9-5-3-4-6-10(9)11/h3-8H,2H2,1H3,(H,18,19,20). The van der Waals surface area contributed by atoms with Gasteiger partial charge in [-0.15, -0.1) is 0 Å². The molecule has 0 fully saturated rings. The molecule has 0 unspecified atom stereocenters. The molecule has 4 nitrogen and oxygen atoms in total. The molecule has 0 saturated carbocycles. The molecule has 0 radical (unpaired) electrons. The highest BCUT2D eigenvalue weighted by molar-refractivity contribution is 9.10. The van der Waals surface area contributed by atoms with E-state index in [4.69, 9.17) is 0 Å². The van der Waals surface area contributed by atoms with E-state index < -0.39 is 0 Å². The molecule has 0 aliphatic heterocycles. The van der Waals surface area contributed by atoms with Gasteiger partial charge >= 0.3 is 0 Å². The van der Waals surface area contributed by atoms with Gasteiger partial charge in [-0.3, -0.25) is 9.78 Å². The van der Waals surface area contributed by atoms with Crippen molar-refractivity contribution in [1.82, 2.24) is 15.0 Å². The number of fused-ring (bicyclic) bond motifs is 1. The van der Waals surface area contributed by atoms with E-state index in [1.54, 1.807) is 12.4 Å². The zero-order chi connectivity index (χ0) is 14.1. The van der Waals surface area contributed by atoms with Gasteiger partial charge < -0.3 is 4.98 Å². The van der Waals surface area contributed by atoms with Gasteiger partial charge in [-0.1, -0.05) is 31.2 Å². The first-order valence-electron chi connectivity index (χ1n) is 6.32. The van der Waals surface area contributed by atoms with Crippen molar-refractivity contribution in [2.75, 3.05) is 0 Å². The number of aromatic nitrogens is 3. The first kappa shape index (κ1) is 13.0. The number of nitrogens with one attached hydrogen (secondary N) is 1. The van der Waals surface area contributed by atoms with E-state index in [-0.39, 0.29) is 5.56 Å². The highest BCUT2D eigenvalue weighted by Gasteiger charge is 2.11. The number of hydrogen-bond acceptors (Lipinski definition) is 3. The van der Waals surface area contributed by atoms with E-state index in [0.29, 0.717) is 16.7 Å². The van der Waals surface area contributed by atoms with Gasteiger partial charge in [0, 0.05) is 23.3 Å². The molecular formula is C15H12BrN3O. The molecule has 100 valence electrons. The number of aromatic amines is 1. The summed E-state index contributed by atoms with van der Waals surface area (Å²) in [4.78, 5) is 23.5. The predicted molar refractivity (Wildman–Crippen MR) is 82.7 cm³/mol. The number of halogens is 1. The second kappa shape index (κ2) is 5.17. The minimum absolute atomic E-state index is 0.167. The Bertz CT molecular complexity index is 837. The Kier molecular flexibility index (Phi) is 3.36. The maximum atomic E-state index is 12.0. The van der Waals surface area contributed by atoms with Gasteiger partial charge in [0.1, 0.15) is 10.3 Å². The molecule has 2 heterocycles. The van der Waals surface area contributed by atoms with Crippen LogP contribution in [-0.4, -0.2) is 15.0 Å². The molecule has 2 aromatic heterocycles. The molecule has 0 aliphatic rings. The number of nitrogens with zero attached hydrogens (tertiary/aromatic N) is 2. The maximum absolute atomic E-state index is 12.0. The third kappa shape index (κ3) is 2.14. The molecule has 0 atom stereocenters. The van der Waals surface area contributed by atoms with Gasteiger partial charge in [0.2, 0.25) is 0 Å². The summed E-state index contributed by atoms with van der Waals surface area (Å²) in [6, 6.07) is 7.91. The monoisotopic (exact) mass is 329 g/mol. The summed E-state index contributed by atoms with van der Waals surface area (Å²) >= 11 is 3.27. The molecule has 0 bridgehead atoms. The van der Waals surface area contributed by atoms with Gasteiger partial charge in [-0.25, -0.2) is 4.98 Å². The van der Waals surface area contributed by atoms with Crippen LogP contribution in [0, 0.1) is 0 Å². The minimum Gasteiger partial charge on any atom is -0.305 e. The molecule has 0 amide bonds. The van der Waals surface area contributed by atoms with Gasteiger partial charge in [-0.05, 0) is 27.7 Å². The zero-order valence-electron chi connectivity index (χ0n) is 10.9. The normalized spacial score (nSPS) is 10.9. The Morgan fingerprint density at radius 2 is 2.05 bits per heavy atom. The summed E-state index contributed by atoms with van der Waals surface area (Å²) in [7, 11) is 0. The summed E-state index contributed by atoms with van der Waals surface area (Å²) in [6.45, 7) is 1.97. The van der Waals surface area contributed by atoms with Crippen LogP contribution in [0.1, 0.15) is 12.6 Å². The van der Waals surface area contributed by atoms with Crippen molar-refractivity contribution in [2.24, 2.45) is 0 Å². The minimum atomic E-state index is -0.167. The fourth-order valence-electron chi connectivity index (χ4n) is 2.17. The van der Waals surface area contributed by atoms with Crippen molar-refractivity contribution >= 4 is 26.7 Å². The quantitative estimate of drug-likeness (QED) is 0.784. The molecule has 3 rings (SSSR count). The lowest BCUT2D eigenvalue weighted by Gasteiger charge is -2.07. The predicted octanol–water partition coefficient (Wildman–Crippen LogP) is 3.31. The van der Waals surface area contributed by atoms with Gasteiger partial charge in [0.15, 0.2) is 0 Å². The topological polar surface area (TPSA) is 58.6 Å². The zero-order valence-corrected chi connectivity index (χ0v) is 12.4. The SMILES string of the molecule is CCc1nc(-c2cncc3ccccc23)[nH]c(=O)c1Br. The Balaban J connectivity index is 2.31. The van der Waals surface area contributed by atoms with Crippen molar-refractivity contribution in [2.45, 2.75) is 13.3 Å². The molecule has 0 saturated heterocycles. The highest BCUT2D eigenvalue weighted by Crippen LogP contribution is 2.25. The van der Waals surface area contributed by atoms with E-state index >= 15 is 0 Å². The average Bonchev–Trinajstić information content (AvgIpc) is 2.49. The smallest absolute Gasteiger partial charge is 0.265 e. The molecule has 0 spiro atoms. The van der Waals surface area contributed by atoms with Crippen LogP contribution in [0.4, 0.5) is 0 Å². The van der Waals surface area contributed by atoms with E-state index in [9.17, 15) is 4.79 Å². The molecule has 0 aliphatic carbocycles. The van der Waals surface area contributed by atoms with Crippen LogP contribution >= 0.6 is 15.9 Å². The second-order valence-corrected chi connectivity index (χ2v) is 5.23. The first-order chi connectivity index (χ1) is 9.70. The Labute approximate surface area is 124 Å². The van der Waals surface area contributed by atoms with Crippen molar-refractivity contribution in [3.8, 4) is 11.4 Å². The largest absolute Gasteiger partial charge is 0.305 e.